The number of ether oxygens (including phenoxy) is 2. The highest BCUT2D eigenvalue weighted by Gasteiger charge is 2.05. The van der Waals surface area contributed by atoms with E-state index in [-0.39, 0.29) is 1.43 Å². The highest BCUT2D eigenvalue weighted by molar-refractivity contribution is 5.58. The van der Waals surface area contributed by atoms with Gasteiger partial charge in [0.05, 0.1) is 18.9 Å². The fourth-order valence-corrected chi connectivity index (χ4v) is 2.06. The molecule has 0 radical (unpaired) electrons. The molecule has 2 heterocycles. The molecule has 5 nitrogen and oxygen atoms in total. The van der Waals surface area contributed by atoms with Crippen LogP contribution in [0.1, 0.15) is 6.99 Å². The van der Waals surface area contributed by atoms with Crippen molar-refractivity contribution in [2.45, 2.75) is 6.61 Å². The van der Waals surface area contributed by atoms with Gasteiger partial charge < -0.3 is 14.5 Å². The first kappa shape index (κ1) is 12.5. The van der Waals surface area contributed by atoms with Crippen molar-refractivity contribution in [1.82, 2.24) is 4.98 Å². The SMILES string of the molecule is COc1cccc(COC2=c3cc[nH]c3=NC=NC2)c1.[HH]. The Morgan fingerprint density at radius 2 is 2.30 bits per heavy atom. The number of aromatic nitrogens is 1. The number of hydrogen-bond acceptors (Lipinski definition) is 4. The first-order valence-electron chi connectivity index (χ1n) is 6.35. The van der Waals surface area contributed by atoms with Gasteiger partial charge in [0.15, 0.2) is 0 Å². The van der Waals surface area contributed by atoms with Gasteiger partial charge in [-0.1, -0.05) is 12.1 Å². The van der Waals surface area contributed by atoms with Gasteiger partial charge in [-0.25, -0.2) is 4.99 Å². The van der Waals surface area contributed by atoms with Crippen molar-refractivity contribution in [3.63, 3.8) is 0 Å². The summed E-state index contributed by atoms with van der Waals surface area (Å²) in [7, 11) is 1.66. The molecule has 0 amide bonds. The van der Waals surface area contributed by atoms with Crippen molar-refractivity contribution in [3.05, 3.63) is 52.8 Å². The predicted molar refractivity (Wildman–Crippen MR) is 78.2 cm³/mol. The monoisotopic (exact) mass is 271 g/mol. The molecule has 5 heteroatoms. The molecule has 0 saturated heterocycles. The second-order valence-electron chi connectivity index (χ2n) is 4.39. The number of fused-ring (bicyclic) bond motifs is 1. The highest BCUT2D eigenvalue weighted by atomic mass is 16.5. The van der Waals surface area contributed by atoms with Crippen LogP contribution in [0.25, 0.3) is 5.76 Å². The number of aliphatic imine (C=N–C) groups is 1. The molecule has 0 bridgehead atoms. The van der Waals surface area contributed by atoms with E-state index in [1.165, 1.54) is 0 Å². The second-order valence-corrected chi connectivity index (χ2v) is 4.39. The number of aromatic amines is 1. The fourth-order valence-electron chi connectivity index (χ4n) is 2.06. The molecule has 2 aromatic rings. The zero-order valence-corrected chi connectivity index (χ0v) is 11.2. The molecule has 1 aliphatic heterocycles. The smallest absolute Gasteiger partial charge is 0.142 e. The maximum absolute atomic E-state index is 5.90. The van der Waals surface area contributed by atoms with E-state index < -0.39 is 0 Å². The summed E-state index contributed by atoms with van der Waals surface area (Å²) in [4.78, 5) is 11.5. The molecule has 0 saturated carbocycles. The number of benzene rings is 1. The molecule has 0 aliphatic carbocycles. The summed E-state index contributed by atoms with van der Waals surface area (Å²) in [6.45, 7) is 0.977. The first-order valence-corrected chi connectivity index (χ1v) is 6.35. The quantitative estimate of drug-likeness (QED) is 0.910. The maximum atomic E-state index is 5.90. The second kappa shape index (κ2) is 5.61. The van der Waals surface area contributed by atoms with Crippen LogP contribution in [0.2, 0.25) is 0 Å². The molecular weight excluding hydrogens is 254 g/mol. The molecular formula is C15H17N3O2. The fraction of sp³-hybridized carbons (Fsp3) is 0.200. The number of rotatable bonds is 4. The van der Waals surface area contributed by atoms with Gasteiger partial charge in [0, 0.05) is 7.62 Å². The molecule has 0 atom stereocenters. The highest BCUT2D eigenvalue weighted by Crippen LogP contribution is 2.14. The minimum absolute atomic E-state index is 0. The Bertz CT molecular complexity index is 752. The predicted octanol–water partition coefficient (Wildman–Crippen LogP) is 1.26. The molecule has 0 spiro atoms. The molecule has 0 unspecified atom stereocenters. The summed E-state index contributed by atoms with van der Waals surface area (Å²) < 4.78 is 11.1. The molecule has 104 valence electrons. The molecule has 0 fully saturated rings. The van der Waals surface area contributed by atoms with Crippen LogP contribution in [0.15, 0.2) is 46.5 Å². The summed E-state index contributed by atoms with van der Waals surface area (Å²) in [6, 6.07) is 9.78. The average Bonchev–Trinajstić information content (AvgIpc) is 2.87. The third-order valence-electron chi connectivity index (χ3n) is 3.08. The molecule has 3 rings (SSSR count). The minimum atomic E-state index is 0. The third kappa shape index (κ3) is 2.56. The lowest BCUT2D eigenvalue weighted by Crippen LogP contribution is -2.26. The Kier molecular flexibility index (Phi) is 3.50. The zero-order chi connectivity index (χ0) is 13.8. The van der Waals surface area contributed by atoms with Crippen LogP contribution in [0.5, 0.6) is 5.75 Å². The van der Waals surface area contributed by atoms with Gasteiger partial charge >= 0.3 is 0 Å². The number of nitrogens with zero attached hydrogens (tertiary/aromatic N) is 2. The Hall–Kier alpha value is -2.56. The van der Waals surface area contributed by atoms with Crippen molar-refractivity contribution in [2.24, 2.45) is 9.98 Å². The van der Waals surface area contributed by atoms with Crippen LogP contribution < -0.4 is 15.4 Å². The van der Waals surface area contributed by atoms with Gasteiger partial charge in [-0.15, -0.1) is 0 Å². The van der Waals surface area contributed by atoms with Crippen molar-refractivity contribution in [2.75, 3.05) is 13.7 Å². The van der Waals surface area contributed by atoms with Crippen molar-refractivity contribution < 1.29 is 10.9 Å². The molecule has 1 aromatic carbocycles. The summed E-state index contributed by atoms with van der Waals surface area (Å²) in [5, 5.41) is 0.963. The standard InChI is InChI=1S/C15H15N3O2.H2/c1-19-12-4-2-3-11(7-12)9-20-14-8-16-10-18-15-13(14)5-6-17-15;/h2-7,10H,8-9H2,1H3,(H,16,17,18);1H. The van der Waals surface area contributed by atoms with Crippen LogP contribution in [0.4, 0.5) is 0 Å². The van der Waals surface area contributed by atoms with E-state index in [9.17, 15) is 0 Å². The Morgan fingerprint density at radius 3 is 3.20 bits per heavy atom. The van der Waals surface area contributed by atoms with E-state index in [0.717, 1.165) is 27.8 Å². The van der Waals surface area contributed by atoms with Gasteiger partial charge in [-0.05, 0) is 23.8 Å². The largest absolute Gasteiger partial charge is 0.497 e. The summed E-state index contributed by atoms with van der Waals surface area (Å²) >= 11 is 0. The molecule has 1 aliphatic rings. The average molecular weight is 271 g/mol. The normalized spacial score (nSPS) is 13.3. The van der Waals surface area contributed by atoms with E-state index in [4.69, 9.17) is 9.47 Å². The van der Waals surface area contributed by atoms with Gasteiger partial charge in [-0.3, -0.25) is 4.99 Å². The van der Waals surface area contributed by atoms with Gasteiger partial charge in [0.25, 0.3) is 0 Å². The van der Waals surface area contributed by atoms with Crippen LogP contribution >= 0.6 is 0 Å². The van der Waals surface area contributed by atoms with Crippen LogP contribution in [0, 0.1) is 0 Å². The van der Waals surface area contributed by atoms with Crippen molar-refractivity contribution in [1.29, 1.82) is 0 Å². The molecule has 20 heavy (non-hydrogen) atoms. The van der Waals surface area contributed by atoms with E-state index in [2.05, 4.69) is 15.0 Å². The Labute approximate surface area is 117 Å². The van der Waals surface area contributed by atoms with E-state index >= 15 is 0 Å². The van der Waals surface area contributed by atoms with Gasteiger partial charge in [0.2, 0.25) is 0 Å². The van der Waals surface area contributed by atoms with Crippen LogP contribution in [0.3, 0.4) is 0 Å². The summed E-state index contributed by atoms with van der Waals surface area (Å²) in [5.41, 5.74) is 1.84. The molecule has 1 N–H and O–H groups in total. The van der Waals surface area contributed by atoms with E-state index in [1.807, 2.05) is 36.5 Å². The van der Waals surface area contributed by atoms with Crippen molar-refractivity contribution in [3.8, 4) is 5.75 Å². The number of H-pyrrole nitrogens is 1. The summed E-state index contributed by atoms with van der Waals surface area (Å²) in [5.74, 6) is 1.65. The van der Waals surface area contributed by atoms with E-state index in [0.29, 0.717) is 13.2 Å². The van der Waals surface area contributed by atoms with Crippen LogP contribution in [-0.4, -0.2) is 25.0 Å². The van der Waals surface area contributed by atoms with Gasteiger partial charge in [0.1, 0.15) is 29.9 Å². The lowest BCUT2D eigenvalue weighted by Gasteiger charge is -2.09. The number of nitrogens with one attached hydrogen (secondary N) is 1. The number of methoxy groups -OCH3 is 1. The van der Waals surface area contributed by atoms with Gasteiger partial charge in [-0.2, -0.15) is 0 Å². The van der Waals surface area contributed by atoms with E-state index in [1.54, 1.807) is 13.4 Å². The topological polar surface area (TPSA) is 59.0 Å². The lowest BCUT2D eigenvalue weighted by molar-refractivity contribution is 0.253. The van der Waals surface area contributed by atoms with Crippen LogP contribution in [-0.2, 0) is 11.3 Å². The molecule has 1 aromatic heterocycles. The zero-order valence-electron chi connectivity index (χ0n) is 11.2. The third-order valence-corrected chi connectivity index (χ3v) is 3.08. The summed E-state index contributed by atoms with van der Waals surface area (Å²) in [6.07, 6.45) is 3.40. The first-order chi connectivity index (χ1) is 9.86. The minimum Gasteiger partial charge on any atom is -0.497 e. The lowest BCUT2D eigenvalue weighted by atomic mass is 10.2. The van der Waals surface area contributed by atoms with Crippen molar-refractivity contribution >= 4 is 12.1 Å². The maximum Gasteiger partial charge on any atom is 0.142 e. The Morgan fingerprint density at radius 1 is 1.35 bits per heavy atom. The Balaban J connectivity index is 0.00000161. The number of hydrogen-bond donors (Lipinski definition) is 1.